The molecule has 0 radical (unpaired) electrons. The third kappa shape index (κ3) is 4.81. The molecule has 2 aromatic rings. The molecule has 8 nitrogen and oxygen atoms in total. The summed E-state index contributed by atoms with van der Waals surface area (Å²) >= 11 is 1.96. The molecule has 2 amide bonds. The molecule has 2 N–H and O–H groups in total. The van der Waals surface area contributed by atoms with Crippen molar-refractivity contribution >= 4 is 35.3 Å². The van der Waals surface area contributed by atoms with Crippen LogP contribution in [0.4, 0.5) is 0 Å². The maximum Gasteiger partial charge on any atom is 0.272 e. The molecular formula is C12H16N6O2S2. The quantitative estimate of drug-likeness (QED) is 0.777. The fourth-order valence-electron chi connectivity index (χ4n) is 1.86. The lowest BCUT2D eigenvalue weighted by molar-refractivity contribution is 0.0899. The number of nitrogens with zero attached hydrogens (tertiary/aromatic N) is 4. The summed E-state index contributed by atoms with van der Waals surface area (Å²) in [5, 5.41) is 5.63. The van der Waals surface area contributed by atoms with Gasteiger partial charge < -0.3 is 10.6 Å². The Morgan fingerprint density at radius 1 is 1.09 bits per heavy atom. The molecule has 0 aliphatic rings. The molecule has 1 atom stereocenters. The molecule has 0 fully saturated rings. The molecule has 0 aromatic carbocycles. The minimum absolute atomic E-state index is 0.190. The molecule has 22 heavy (non-hydrogen) atoms. The van der Waals surface area contributed by atoms with Gasteiger partial charge in [-0.3, -0.25) is 9.59 Å². The van der Waals surface area contributed by atoms with E-state index in [2.05, 4.69) is 42.0 Å². The molecule has 0 saturated carbocycles. The smallest absolute Gasteiger partial charge is 0.272 e. The maximum atomic E-state index is 12.0. The van der Waals surface area contributed by atoms with Gasteiger partial charge in [-0.25, -0.2) is 0 Å². The molecular weight excluding hydrogens is 324 g/mol. The van der Waals surface area contributed by atoms with Gasteiger partial charge in [0.2, 0.25) is 0 Å². The lowest BCUT2D eigenvalue weighted by Gasteiger charge is -2.20. The first-order chi connectivity index (χ1) is 10.6. The second kappa shape index (κ2) is 7.90. The second-order valence-electron chi connectivity index (χ2n) is 5.10. The van der Waals surface area contributed by atoms with Crippen LogP contribution in [0.1, 0.15) is 41.2 Å². The van der Waals surface area contributed by atoms with Crippen molar-refractivity contribution in [1.82, 2.24) is 28.1 Å². The van der Waals surface area contributed by atoms with Gasteiger partial charge in [0, 0.05) is 12.6 Å². The van der Waals surface area contributed by atoms with Crippen molar-refractivity contribution in [3.05, 3.63) is 23.8 Å². The van der Waals surface area contributed by atoms with Gasteiger partial charge in [-0.15, -0.1) is 0 Å². The van der Waals surface area contributed by atoms with E-state index in [1.54, 1.807) is 0 Å². The number of aromatic nitrogens is 4. The molecule has 10 heteroatoms. The Hall–Kier alpha value is -1.94. The minimum Gasteiger partial charge on any atom is -0.349 e. The fraction of sp³-hybridized carbons (Fsp3) is 0.500. The van der Waals surface area contributed by atoms with Crippen LogP contribution < -0.4 is 10.6 Å². The Balaban J connectivity index is 1.91. The number of hydrogen-bond donors (Lipinski definition) is 2. The van der Waals surface area contributed by atoms with Gasteiger partial charge in [0.25, 0.3) is 11.8 Å². The lowest BCUT2D eigenvalue weighted by atomic mass is 10.0. The normalized spacial score (nSPS) is 12.1. The van der Waals surface area contributed by atoms with E-state index in [-0.39, 0.29) is 29.2 Å². The first-order valence-corrected chi connectivity index (χ1v) is 8.16. The van der Waals surface area contributed by atoms with E-state index < -0.39 is 0 Å². The summed E-state index contributed by atoms with van der Waals surface area (Å²) in [7, 11) is 0. The first-order valence-electron chi connectivity index (χ1n) is 6.70. The van der Waals surface area contributed by atoms with Gasteiger partial charge in [-0.2, -0.15) is 17.5 Å². The predicted octanol–water partition coefficient (Wildman–Crippen LogP) is 0.964. The van der Waals surface area contributed by atoms with E-state index in [0.717, 1.165) is 29.9 Å². The number of rotatable bonds is 7. The van der Waals surface area contributed by atoms with Crippen LogP contribution in [0.15, 0.2) is 12.4 Å². The lowest BCUT2D eigenvalue weighted by Crippen LogP contribution is -2.44. The first kappa shape index (κ1) is 16.4. The average Bonchev–Trinajstić information content (AvgIpc) is 3.15. The van der Waals surface area contributed by atoms with Crippen LogP contribution in [-0.2, 0) is 0 Å². The van der Waals surface area contributed by atoms with Crippen molar-refractivity contribution in [2.24, 2.45) is 5.92 Å². The van der Waals surface area contributed by atoms with E-state index in [9.17, 15) is 9.59 Å². The van der Waals surface area contributed by atoms with Crippen LogP contribution in [0.3, 0.4) is 0 Å². The van der Waals surface area contributed by atoms with Crippen LogP contribution in [0.5, 0.6) is 0 Å². The van der Waals surface area contributed by atoms with E-state index >= 15 is 0 Å². The Labute approximate surface area is 136 Å². The SMILES string of the molecule is CC(C)CC(CNC(=O)c1cnsn1)NC(=O)c1cnsn1. The zero-order valence-electron chi connectivity index (χ0n) is 12.1. The number of hydrogen-bond acceptors (Lipinski definition) is 8. The number of carbonyl (C=O) groups is 2. The van der Waals surface area contributed by atoms with Gasteiger partial charge >= 0.3 is 0 Å². The largest absolute Gasteiger partial charge is 0.349 e. The highest BCUT2D eigenvalue weighted by Crippen LogP contribution is 2.06. The number of carbonyl (C=O) groups excluding carboxylic acids is 2. The number of nitrogens with one attached hydrogen (secondary N) is 2. The van der Waals surface area contributed by atoms with Gasteiger partial charge in [-0.1, -0.05) is 13.8 Å². The highest BCUT2D eigenvalue weighted by molar-refractivity contribution is 6.99. The van der Waals surface area contributed by atoms with Gasteiger partial charge in [0.1, 0.15) is 0 Å². The topological polar surface area (TPSA) is 110 Å². The van der Waals surface area contributed by atoms with Crippen molar-refractivity contribution in [2.45, 2.75) is 26.3 Å². The van der Waals surface area contributed by atoms with E-state index in [0.29, 0.717) is 12.5 Å². The van der Waals surface area contributed by atoms with Crippen molar-refractivity contribution in [2.75, 3.05) is 6.54 Å². The maximum absolute atomic E-state index is 12.0. The molecule has 0 aliphatic carbocycles. The van der Waals surface area contributed by atoms with Crippen LogP contribution >= 0.6 is 23.5 Å². The molecule has 118 valence electrons. The van der Waals surface area contributed by atoms with Crippen LogP contribution in [0, 0.1) is 5.92 Å². The van der Waals surface area contributed by atoms with E-state index in [1.807, 2.05) is 0 Å². The minimum atomic E-state index is -0.299. The predicted molar refractivity (Wildman–Crippen MR) is 82.9 cm³/mol. The molecule has 2 heterocycles. The summed E-state index contributed by atoms with van der Waals surface area (Å²) in [6, 6.07) is -0.190. The number of amides is 2. The van der Waals surface area contributed by atoms with Gasteiger partial charge in [0.05, 0.1) is 35.9 Å². The van der Waals surface area contributed by atoms with Crippen molar-refractivity contribution in [1.29, 1.82) is 0 Å². The highest BCUT2D eigenvalue weighted by atomic mass is 32.1. The molecule has 0 bridgehead atoms. The molecule has 0 saturated heterocycles. The van der Waals surface area contributed by atoms with Crippen LogP contribution in [0.25, 0.3) is 0 Å². The zero-order valence-corrected chi connectivity index (χ0v) is 13.8. The standard InChI is InChI=1S/C12H16N6O2S2/c1-7(2)3-8(16-12(20)10-6-15-22-18-10)4-13-11(19)9-5-14-21-17-9/h5-8H,3-4H2,1-2H3,(H,13,19)(H,16,20). The second-order valence-corrected chi connectivity index (χ2v) is 6.21. The third-order valence-corrected chi connectivity index (χ3v) is 3.74. The Morgan fingerprint density at radius 3 is 2.18 bits per heavy atom. The third-order valence-electron chi connectivity index (χ3n) is 2.79. The van der Waals surface area contributed by atoms with Crippen molar-refractivity contribution < 1.29 is 9.59 Å². The fourth-order valence-corrected chi connectivity index (χ4v) is 2.68. The zero-order chi connectivity index (χ0) is 15.9. The Bertz CT molecular complexity index is 599. The van der Waals surface area contributed by atoms with Crippen LogP contribution in [-0.4, -0.2) is 41.9 Å². The van der Waals surface area contributed by atoms with Crippen LogP contribution in [0.2, 0.25) is 0 Å². The molecule has 2 rings (SSSR count). The Kier molecular flexibility index (Phi) is 5.90. The average molecular weight is 340 g/mol. The van der Waals surface area contributed by atoms with Gasteiger partial charge in [0.15, 0.2) is 11.4 Å². The van der Waals surface area contributed by atoms with Crippen molar-refractivity contribution in [3.63, 3.8) is 0 Å². The summed E-state index contributed by atoms with van der Waals surface area (Å²) in [5.41, 5.74) is 0.567. The summed E-state index contributed by atoms with van der Waals surface area (Å²) in [5.74, 6) is -0.215. The molecule has 2 aromatic heterocycles. The summed E-state index contributed by atoms with van der Waals surface area (Å²) in [6.07, 6.45) is 3.57. The van der Waals surface area contributed by atoms with E-state index in [4.69, 9.17) is 0 Å². The van der Waals surface area contributed by atoms with Gasteiger partial charge in [-0.05, 0) is 12.3 Å². The summed E-state index contributed by atoms with van der Waals surface area (Å²) < 4.78 is 15.4. The molecule has 1 unspecified atom stereocenters. The highest BCUT2D eigenvalue weighted by Gasteiger charge is 2.18. The monoisotopic (exact) mass is 340 g/mol. The summed E-state index contributed by atoms with van der Waals surface area (Å²) in [4.78, 5) is 23.9. The van der Waals surface area contributed by atoms with Crippen molar-refractivity contribution in [3.8, 4) is 0 Å². The molecule has 0 aliphatic heterocycles. The molecule has 0 spiro atoms. The van der Waals surface area contributed by atoms with E-state index in [1.165, 1.54) is 12.4 Å². The Morgan fingerprint density at radius 2 is 1.68 bits per heavy atom. The summed E-state index contributed by atoms with van der Waals surface area (Å²) in [6.45, 7) is 4.42.